The number of rotatable bonds is 5. The van der Waals surface area contributed by atoms with E-state index in [1.165, 1.54) is 0 Å². The molecule has 5 heteroatoms. The van der Waals surface area contributed by atoms with E-state index in [1.54, 1.807) is 7.05 Å². The Morgan fingerprint density at radius 2 is 1.69 bits per heavy atom. The summed E-state index contributed by atoms with van der Waals surface area (Å²) >= 11 is 0. The lowest BCUT2D eigenvalue weighted by atomic mass is 10.0. The van der Waals surface area contributed by atoms with Crippen LogP contribution >= 0.6 is 0 Å². The van der Waals surface area contributed by atoms with Gasteiger partial charge in [-0.25, -0.2) is 13.1 Å². The van der Waals surface area contributed by atoms with Gasteiger partial charge in [0.15, 0.2) is 0 Å². The molecule has 0 aliphatic heterocycles. The van der Waals surface area contributed by atoms with Crippen LogP contribution in [0.15, 0.2) is 0 Å². The Labute approximate surface area is 81.2 Å². The van der Waals surface area contributed by atoms with Crippen molar-refractivity contribution in [3.8, 4) is 0 Å². The summed E-state index contributed by atoms with van der Waals surface area (Å²) in [5.41, 5.74) is -0.189. The van der Waals surface area contributed by atoms with E-state index in [9.17, 15) is 8.42 Å². The highest BCUT2D eigenvalue weighted by molar-refractivity contribution is 7.89. The lowest BCUT2D eigenvalue weighted by Crippen LogP contribution is -2.35. The summed E-state index contributed by atoms with van der Waals surface area (Å²) in [5.74, 6) is 0.170. The predicted molar refractivity (Wildman–Crippen MR) is 55.2 cm³/mol. The van der Waals surface area contributed by atoms with E-state index in [2.05, 4.69) is 10.0 Å². The van der Waals surface area contributed by atoms with E-state index < -0.39 is 10.0 Å². The summed E-state index contributed by atoms with van der Waals surface area (Å²) < 4.78 is 25.3. The average molecular weight is 208 g/mol. The van der Waals surface area contributed by atoms with Crippen molar-refractivity contribution < 1.29 is 8.42 Å². The van der Waals surface area contributed by atoms with Gasteiger partial charge in [0.25, 0.3) is 0 Å². The van der Waals surface area contributed by atoms with E-state index in [-0.39, 0.29) is 11.2 Å². The van der Waals surface area contributed by atoms with Gasteiger partial charge < -0.3 is 5.32 Å². The molecule has 0 aromatic rings. The SMILES string of the molecule is CNCCNS(=O)(=O)CC(C)(C)C. The Kier molecular flexibility index (Phi) is 4.88. The van der Waals surface area contributed by atoms with Gasteiger partial charge in [0.05, 0.1) is 5.75 Å². The van der Waals surface area contributed by atoms with E-state index >= 15 is 0 Å². The van der Waals surface area contributed by atoms with Gasteiger partial charge in [-0.05, 0) is 12.5 Å². The fourth-order valence-corrected chi connectivity index (χ4v) is 2.61. The minimum atomic E-state index is -3.10. The van der Waals surface area contributed by atoms with Crippen molar-refractivity contribution in [2.75, 3.05) is 25.9 Å². The minimum absolute atomic E-state index is 0.170. The monoisotopic (exact) mass is 208 g/mol. The van der Waals surface area contributed by atoms with Crippen LogP contribution in [0.4, 0.5) is 0 Å². The third-order valence-corrected chi connectivity index (χ3v) is 3.21. The highest BCUT2D eigenvalue weighted by Crippen LogP contribution is 2.14. The molecule has 0 heterocycles. The molecule has 0 saturated carbocycles. The van der Waals surface area contributed by atoms with E-state index in [0.29, 0.717) is 13.1 Å². The predicted octanol–water partition coefficient (Wildman–Crippen LogP) is 0.171. The quantitative estimate of drug-likeness (QED) is 0.633. The molecule has 0 spiro atoms. The van der Waals surface area contributed by atoms with Gasteiger partial charge in [-0.3, -0.25) is 0 Å². The topological polar surface area (TPSA) is 58.2 Å². The number of hydrogen-bond donors (Lipinski definition) is 2. The van der Waals surface area contributed by atoms with Crippen LogP contribution in [-0.4, -0.2) is 34.3 Å². The molecule has 0 atom stereocenters. The van der Waals surface area contributed by atoms with Crippen LogP contribution in [-0.2, 0) is 10.0 Å². The van der Waals surface area contributed by atoms with Gasteiger partial charge in [-0.15, -0.1) is 0 Å². The molecule has 0 aromatic heterocycles. The molecule has 0 rings (SSSR count). The Bertz CT molecular complexity index is 229. The molecule has 4 nitrogen and oxygen atoms in total. The van der Waals surface area contributed by atoms with Crippen LogP contribution in [0.2, 0.25) is 0 Å². The van der Waals surface area contributed by atoms with Crippen LogP contribution < -0.4 is 10.0 Å². The van der Waals surface area contributed by atoms with Crippen LogP contribution in [0.5, 0.6) is 0 Å². The molecule has 0 aliphatic carbocycles. The molecular formula is C8H20N2O2S. The standard InChI is InChI=1S/C8H20N2O2S/c1-8(2,3)7-13(11,12)10-6-5-9-4/h9-10H,5-7H2,1-4H3. The number of nitrogens with one attached hydrogen (secondary N) is 2. The Morgan fingerprint density at radius 3 is 2.08 bits per heavy atom. The van der Waals surface area contributed by atoms with Crippen molar-refractivity contribution in [3.05, 3.63) is 0 Å². The Morgan fingerprint density at radius 1 is 1.15 bits per heavy atom. The molecule has 0 amide bonds. The minimum Gasteiger partial charge on any atom is -0.318 e. The Balaban J connectivity index is 3.96. The zero-order chi connectivity index (χ0) is 10.5. The zero-order valence-corrected chi connectivity index (χ0v) is 9.66. The van der Waals surface area contributed by atoms with Crippen molar-refractivity contribution in [2.24, 2.45) is 5.41 Å². The summed E-state index contributed by atoms with van der Waals surface area (Å²) in [6, 6.07) is 0. The molecule has 0 saturated heterocycles. The average Bonchev–Trinajstić information content (AvgIpc) is 1.81. The lowest BCUT2D eigenvalue weighted by Gasteiger charge is -2.18. The number of hydrogen-bond acceptors (Lipinski definition) is 3. The fraction of sp³-hybridized carbons (Fsp3) is 1.00. The second kappa shape index (κ2) is 4.93. The first-order valence-corrected chi connectivity index (χ1v) is 6.04. The second-order valence-electron chi connectivity index (χ2n) is 4.32. The smallest absolute Gasteiger partial charge is 0.212 e. The summed E-state index contributed by atoms with van der Waals surface area (Å²) in [6.07, 6.45) is 0. The lowest BCUT2D eigenvalue weighted by molar-refractivity contribution is 0.458. The molecule has 13 heavy (non-hydrogen) atoms. The van der Waals surface area contributed by atoms with Crippen molar-refractivity contribution in [1.29, 1.82) is 0 Å². The molecule has 0 bridgehead atoms. The van der Waals surface area contributed by atoms with E-state index in [1.807, 2.05) is 20.8 Å². The molecule has 0 aromatic carbocycles. The van der Waals surface area contributed by atoms with Crippen molar-refractivity contribution in [3.63, 3.8) is 0 Å². The summed E-state index contributed by atoms with van der Waals surface area (Å²) in [6.45, 7) is 6.83. The third kappa shape index (κ3) is 8.21. The van der Waals surface area contributed by atoms with Crippen LogP contribution in [0.25, 0.3) is 0 Å². The maximum atomic E-state index is 11.4. The summed E-state index contributed by atoms with van der Waals surface area (Å²) in [5, 5.41) is 2.88. The molecule has 0 aliphatic rings. The van der Waals surface area contributed by atoms with Gasteiger partial charge in [-0.2, -0.15) is 0 Å². The molecular weight excluding hydrogens is 188 g/mol. The number of sulfonamides is 1. The van der Waals surface area contributed by atoms with Gasteiger partial charge in [-0.1, -0.05) is 20.8 Å². The maximum absolute atomic E-state index is 11.4. The van der Waals surface area contributed by atoms with Crippen LogP contribution in [0.1, 0.15) is 20.8 Å². The highest BCUT2D eigenvalue weighted by atomic mass is 32.2. The highest BCUT2D eigenvalue weighted by Gasteiger charge is 2.20. The van der Waals surface area contributed by atoms with Gasteiger partial charge in [0.1, 0.15) is 0 Å². The summed E-state index contributed by atoms with van der Waals surface area (Å²) in [4.78, 5) is 0. The largest absolute Gasteiger partial charge is 0.318 e. The zero-order valence-electron chi connectivity index (χ0n) is 8.85. The molecule has 80 valence electrons. The fourth-order valence-electron chi connectivity index (χ4n) is 0.953. The van der Waals surface area contributed by atoms with Crippen molar-refractivity contribution in [2.45, 2.75) is 20.8 Å². The van der Waals surface area contributed by atoms with E-state index in [4.69, 9.17) is 0 Å². The van der Waals surface area contributed by atoms with Crippen LogP contribution in [0.3, 0.4) is 0 Å². The maximum Gasteiger partial charge on any atom is 0.212 e. The first kappa shape index (κ1) is 12.9. The molecule has 0 fully saturated rings. The first-order chi connectivity index (χ1) is 5.77. The molecule has 0 unspecified atom stereocenters. The molecule has 2 N–H and O–H groups in total. The van der Waals surface area contributed by atoms with Gasteiger partial charge in [0, 0.05) is 13.1 Å². The van der Waals surface area contributed by atoms with Crippen LogP contribution in [0, 0.1) is 5.41 Å². The van der Waals surface area contributed by atoms with Gasteiger partial charge in [0.2, 0.25) is 10.0 Å². The Hall–Kier alpha value is -0.130. The van der Waals surface area contributed by atoms with Crippen molar-refractivity contribution >= 4 is 10.0 Å². The third-order valence-electron chi connectivity index (χ3n) is 1.32. The van der Waals surface area contributed by atoms with Crippen molar-refractivity contribution in [1.82, 2.24) is 10.0 Å². The second-order valence-corrected chi connectivity index (χ2v) is 6.12. The number of likely N-dealkylation sites (N-methyl/N-ethyl adjacent to an activating group) is 1. The van der Waals surface area contributed by atoms with E-state index in [0.717, 1.165) is 0 Å². The van der Waals surface area contributed by atoms with Gasteiger partial charge >= 0.3 is 0 Å². The normalized spacial score (nSPS) is 13.2. The molecule has 0 radical (unpaired) electrons. The summed E-state index contributed by atoms with van der Waals surface area (Å²) in [7, 11) is -1.31. The first-order valence-electron chi connectivity index (χ1n) is 4.39.